The van der Waals surface area contributed by atoms with Gasteiger partial charge in [0.1, 0.15) is 0 Å². The third kappa shape index (κ3) is 7.18. The zero-order valence-electron chi connectivity index (χ0n) is 14.9. The quantitative estimate of drug-likeness (QED) is 0.490. The summed E-state index contributed by atoms with van der Waals surface area (Å²) in [6, 6.07) is 18.8. The van der Waals surface area contributed by atoms with E-state index in [9.17, 15) is 5.11 Å². The van der Waals surface area contributed by atoms with Crippen LogP contribution in [-0.2, 0) is 6.42 Å². The molecule has 0 saturated carbocycles. The van der Waals surface area contributed by atoms with Crippen molar-refractivity contribution in [3.63, 3.8) is 0 Å². The summed E-state index contributed by atoms with van der Waals surface area (Å²) in [4.78, 5) is 0. The maximum absolute atomic E-state index is 10.0. The lowest BCUT2D eigenvalue weighted by Crippen LogP contribution is -2.06. The molecule has 0 radical (unpaired) electrons. The number of rotatable bonds is 11. The molecule has 0 aliphatic rings. The molecule has 2 aromatic rings. The number of hydrogen-bond acceptors (Lipinski definition) is 2. The van der Waals surface area contributed by atoms with Crippen LogP contribution in [0.15, 0.2) is 54.6 Å². The molecule has 1 unspecified atom stereocenters. The molecule has 24 heavy (non-hydrogen) atoms. The molecule has 2 N–H and O–H groups in total. The number of benzene rings is 2. The largest absolute Gasteiger partial charge is 0.393 e. The van der Waals surface area contributed by atoms with E-state index < -0.39 is 0 Å². The van der Waals surface area contributed by atoms with E-state index in [2.05, 4.69) is 48.6 Å². The number of nitrogens with one attached hydrogen (secondary N) is 1. The maximum Gasteiger partial charge on any atom is 0.0540 e. The van der Waals surface area contributed by atoms with Crippen LogP contribution in [0.4, 0.5) is 11.4 Å². The first kappa shape index (κ1) is 18.5. The Bertz CT molecular complexity index is 550. The molecule has 0 amide bonds. The molecule has 2 heteroatoms. The molecule has 0 aliphatic carbocycles. The van der Waals surface area contributed by atoms with Crippen LogP contribution in [0, 0.1) is 0 Å². The van der Waals surface area contributed by atoms with E-state index in [-0.39, 0.29) is 6.10 Å². The average molecular weight is 325 g/mol. The van der Waals surface area contributed by atoms with Gasteiger partial charge in [0, 0.05) is 11.4 Å². The predicted molar refractivity (Wildman–Crippen MR) is 104 cm³/mol. The second-order valence-corrected chi connectivity index (χ2v) is 6.58. The fraction of sp³-hybridized carbons (Fsp3) is 0.455. The van der Waals surface area contributed by atoms with Gasteiger partial charge < -0.3 is 10.4 Å². The van der Waals surface area contributed by atoms with Crippen LogP contribution in [0.5, 0.6) is 0 Å². The Kier molecular flexibility index (Phi) is 8.40. The molecule has 0 aliphatic heterocycles. The minimum atomic E-state index is -0.124. The molecule has 2 rings (SSSR count). The fourth-order valence-electron chi connectivity index (χ4n) is 2.94. The molecule has 0 fully saturated rings. The minimum absolute atomic E-state index is 0.124. The van der Waals surface area contributed by atoms with Crippen molar-refractivity contribution in [2.75, 3.05) is 5.32 Å². The zero-order chi connectivity index (χ0) is 17.0. The summed E-state index contributed by atoms with van der Waals surface area (Å²) in [5.74, 6) is 0. The van der Waals surface area contributed by atoms with Gasteiger partial charge in [-0.3, -0.25) is 0 Å². The van der Waals surface area contributed by atoms with Crippen LogP contribution in [0.25, 0.3) is 0 Å². The van der Waals surface area contributed by atoms with Gasteiger partial charge in [0.05, 0.1) is 6.10 Å². The summed E-state index contributed by atoms with van der Waals surface area (Å²) in [5, 5.41) is 13.4. The van der Waals surface area contributed by atoms with Gasteiger partial charge in [0.2, 0.25) is 0 Å². The number of anilines is 2. The molecule has 130 valence electrons. The monoisotopic (exact) mass is 325 g/mol. The molecule has 2 aromatic carbocycles. The fourth-order valence-corrected chi connectivity index (χ4v) is 2.94. The van der Waals surface area contributed by atoms with Crippen LogP contribution < -0.4 is 5.32 Å². The normalized spacial score (nSPS) is 12.1. The van der Waals surface area contributed by atoms with Crippen molar-refractivity contribution in [2.45, 2.75) is 64.4 Å². The number of para-hydroxylation sites is 1. The van der Waals surface area contributed by atoms with E-state index in [1.54, 1.807) is 0 Å². The third-order valence-corrected chi connectivity index (χ3v) is 4.41. The molecule has 1 atom stereocenters. The molecule has 0 heterocycles. The number of aliphatic hydroxyl groups excluding tert-OH is 1. The third-order valence-electron chi connectivity index (χ3n) is 4.41. The Morgan fingerprint density at radius 2 is 1.46 bits per heavy atom. The van der Waals surface area contributed by atoms with Gasteiger partial charge in [-0.15, -0.1) is 0 Å². The van der Waals surface area contributed by atoms with Gasteiger partial charge in [-0.1, -0.05) is 62.9 Å². The van der Waals surface area contributed by atoms with Gasteiger partial charge >= 0.3 is 0 Å². The SMILES string of the molecule is CCCCCCC(O)CCCc1ccc(Nc2ccccc2)cc1. The highest BCUT2D eigenvalue weighted by atomic mass is 16.3. The highest BCUT2D eigenvalue weighted by Crippen LogP contribution is 2.18. The van der Waals surface area contributed by atoms with E-state index in [0.29, 0.717) is 0 Å². The molecule has 0 aromatic heterocycles. The summed E-state index contributed by atoms with van der Waals surface area (Å²) in [6.45, 7) is 2.22. The Labute approximate surface area is 146 Å². The second kappa shape index (κ2) is 10.9. The van der Waals surface area contributed by atoms with Crippen LogP contribution >= 0.6 is 0 Å². The van der Waals surface area contributed by atoms with E-state index >= 15 is 0 Å². The highest BCUT2D eigenvalue weighted by molar-refractivity contribution is 5.59. The van der Waals surface area contributed by atoms with Gasteiger partial charge in [-0.25, -0.2) is 0 Å². The van der Waals surface area contributed by atoms with Crippen molar-refractivity contribution in [3.05, 3.63) is 60.2 Å². The number of hydrogen-bond donors (Lipinski definition) is 2. The number of unbranched alkanes of at least 4 members (excludes halogenated alkanes) is 3. The van der Waals surface area contributed by atoms with Crippen LogP contribution in [0.2, 0.25) is 0 Å². The smallest absolute Gasteiger partial charge is 0.0540 e. The van der Waals surface area contributed by atoms with Crippen LogP contribution in [0.3, 0.4) is 0 Å². The van der Waals surface area contributed by atoms with Gasteiger partial charge in [0.25, 0.3) is 0 Å². The lowest BCUT2D eigenvalue weighted by Gasteiger charge is -2.11. The van der Waals surface area contributed by atoms with Crippen molar-refractivity contribution in [1.29, 1.82) is 0 Å². The van der Waals surface area contributed by atoms with Crippen LogP contribution in [0.1, 0.15) is 57.4 Å². The topological polar surface area (TPSA) is 32.3 Å². The molecule has 0 saturated heterocycles. The summed E-state index contributed by atoms with van der Waals surface area (Å²) >= 11 is 0. The number of aliphatic hydroxyl groups is 1. The van der Waals surface area contributed by atoms with Gasteiger partial charge in [0.15, 0.2) is 0 Å². The summed E-state index contributed by atoms with van der Waals surface area (Å²) in [5.41, 5.74) is 3.56. The molecule has 0 bridgehead atoms. The first-order valence-corrected chi connectivity index (χ1v) is 9.37. The first-order valence-electron chi connectivity index (χ1n) is 9.37. The lowest BCUT2D eigenvalue weighted by molar-refractivity contribution is 0.148. The number of aryl methyl sites for hydroxylation is 1. The molecular formula is C22H31NO. The Morgan fingerprint density at radius 3 is 2.17 bits per heavy atom. The Morgan fingerprint density at radius 1 is 0.792 bits per heavy atom. The van der Waals surface area contributed by atoms with Gasteiger partial charge in [-0.05, 0) is 55.5 Å². The van der Waals surface area contributed by atoms with Crippen molar-refractivity contribution < 1.29 is 5.11 Å². The van der Waals surface area contributed by atoms with E-state index in [4.69, 9.17) is 0 Å². The zero-order valence-corrected chi connectivity index (χ0v) is 14.9. The molecule has 2 nitrogen and oxygen atoms in total. The van der Waals surface area contributed by atoms with Crippen molar-refractivity contribution in [1.82, 2.24) is 0 Å². The Balaban J connectivity index is 1.66. The van der Waals surface area contributed by atoms with E-state index in [0.717, 1.165) is 43.5 Å². The highest BCUT2D eigenvalue weighted by Gasteiger charge is 2.04. The van der Waals surface area contributed by atoms with Crippen LogP contribution in [-0.4, -0.2) is 11.2 Å². The second-order valence-electron chi connectivity index (χ2n) is 6.58. The van der Waals surface area contributed by atoms with Crippen molar-refractivity contribution in [2.24, 2.45) is 0 Å². The molecule has 0 spiro atoms. The predicted octanol–water partition coefficient (Wildman–Crippen LogP) is 6.08. The minimum Gasteiger partial charge on any atom is -0.393 e. The first-order chi connectivity index (χ1) is 11.8. The summed E-state index contributed by atoms with van der Waals surface area (Å²) < 4.78 is 0. The van der Waals surface area contributed by atoms with E-state index in [1.807, 2.05) is 18.2 Å². The van der Waals surface area contributed by atoms with Crippen molar-refractivity contribution >= 4 is 11.4 Å². The van der Waals surface area contributed by atoms with Crippen molar-refractivity contribution in [3.8, 4) is 0 Å². The lowest BCUT2D eigenvalue weighted by atomic mass is 10.0. The molecular weight excluding hydrogens is 294 g/mol. The summed E-state index contributed by atoms with van der Waals surface area (Å²) in [6.07, 6.45) is 8.80. The average Bonchev–Trinajstić information content (AvgIpc) is 2.61. The van der Waals surface area contributed by atoms with Gasteiger partial charge in [-0.2, -0.15) is 0 Å². The Hall–Kier alpha value is -1.80. The maximum atomic E-state index is 10.0. The summed E-state index contributed by atoms with van der Waals surface area (Å²) in [7, 11) is 0. The standard InChI is InChI=1S/C22H31NO/c1-2-3-4-8-13-22(24)14-9-10-19-15-17-21(18-16-19)23-20-11-6-5-7-12-20/h5-7,11-12,15-18,22-24H,2-4,8-10,13-14H2,1H3. The van der Waals surface area contributed by atoms with E-state index in [1.165, 1.54) is 24.8 Å².